The van der Waals surface area contributed by atoms with Gasteiger partial charge in [0, 0.05) is 12.6 Å². The van der Waals surface area contributed by atoms with Crippen molar-refractivity contribution < 1.29 is 4.74 Å². The summed E-state index contributed by atoms with van der Waals surface area (Å²) in [4.78, 5) is 4.45. The molecule has 4 nitrogen and oxygen atoms in total. The van der Waals surface area contributed by atoms with E-state index in [0.29, 0.717) is 18.6 Å². The van der Waals surface area contributed by atoms with Crippen molar-refractivity contribution in [2.45, 2.75) is 51.6 Å². The fourth-order valence-corrected chi connectivity index (χ4v) is 1.86. The van der Waals surface area contributed by atoms with Crippen molar-refractivity contribution in [3.05, 3.63) is 0 Å². The zero-order valence-electron chi connectivity index (χ0n) is 9.83. The Morgan fingerprint density at radius 1 is 1.53 bits per heavy atom. The van der Waals surface area contributed by atoms with E-state index in [1.54, 1.807) is 0 Å². The van der Waals surface area contributed by atoms with Gasteiger partial charge in [-0.25, -0.2) is 0 Å². The minimum atomic E-state index is 0.232. The summed E-state index contributed by atoms with van der Waals surface area (Å²) in [6.07, 6.45) is 4.94. The van der Waals surface area contributed by atoms with Gasteiger partial charge in [0.1, 0.15) is 0 Å². The Labute approximate surface area is 92.3 Å². The predicted molar refractivity (Wildman–Crippen MR) is 63.0 cm³/mol. The summed E-state index contributed by atoms with van der Waals surface area (Å²) >= 11 is 0. The van der Waals surface area contributed by atoms with Gasteiger partial charge in [-0.15, -0.1) is 0 Å². The smallest absolute Gasteiger partial charge is 0.189 e. The lowest BCUT2D eigenvalue weighted by Gasteiger charge is -2.15. The number of hydrogen-bond donors (Lipinski definition) is 2. The maximum Gasteiger partial charge on any atom is 0.189 e. The summed E-state index contributed by atoms with van der Waals surface area (Å²) in [6, 6.07) is 0.673. The Balaban J connectivity index is 2.23. The van der Waals surface area contributed by atoms with Gasteiger partial charge in [0.2, 0.25) is 0 Å². The quantitative estimate of drug-likeness (QED) is 0.534. The number of nitrogens with zero attached hydrogens (tertiary/aromatic N) is 1. The molecule has 1 aliphatic carbocycles. The average Bonchev–Trinajstić information content (AvgIpc) is 2.67. The normalized spacial score (nSPS) is 20.5. The van der Waals surface area contributed by atoms with Crippen molar-refractivity contribution in [3.63, 3.8) is 0 Å². The van der Waals surface area contributed by atoms with Crippen molar-refractivity contribution in [2.75, 3.05) is 13.2 Å². The highest BCUT2D eigenvalue weighted by atomic mass is 16.5. The molecule has 1 saturated carbocycles. The molecule has 0 spiro atoms. The van der Waals surface area contributed by atoms with Gasteiger partial charge in [-0.3, -0.25) is 4.99 Å². The first-order chi connectivity index (χ1) is 7.22. The molecule has 0 aromatic heterocycles. The fourth-order valence-electron chi connectivity index (χ4n) is 1.86. The second-order valence-corrected chi connectivity index (χ2v) is 4.16. The van der Waals surface area contributed by atoms with Gasteiger partial charge in [0.05, 0.1) is 12.6 Å². The van der Waals surface area contributed by atoms with Crippen molar-refractivity contribution in [2.24, 2.45) is 10.7 Å². The largest absolute Gasteiger partial charge is 0.380 e. The van der Waals surface area contributed by atoms with E-state index in [1.165, 1.54) is 25.7 Å². The first kappa shape index (κ1) is 12.3. The van der Waals surface area contributed by atoms with Crippen LogP contribution in [0.15, 0.2) is 4.99 Å². The van der Waals surface area contributed by atoms with E-state index in [4.69, 9.17) is 10.5 Å². The standard InChI is InChI=1S/C11H23N3O/c1-3-15-8-9(2)13-11(12)14-10-6-4-5-7-10/h9-10H,3-8H2,1-2H3,(H3,12,13,14). The molecule has 0 radical (unpaired) electrons. The van der Waals surface area contributed by atoms with E-state index in [2.05, 4.69) is 10.3 Å². The highest BCUT2D eigenvalue weighted by Crippen LogP contribution is 2.20. The molecule has 1 atom stereocenters. The molecule has 0 aromatic rings. The lowest BCUT2D eigenvalue weighted by molar-refractivity contribution is 0.132. The Hall–Kier alpha value is -0.770. The van der Waals surface area contributed by atoms with Gasteiger partial charge in [-0.1, -0.05) is 12.8 Å². The lowest BCUT2D eigenvalue weighted by Crippen LogP contribution is -2.41. The van der Waals surface area contributed by atoms with Crippen molar-refractivity contribution >= 4 is 5.96 Å². The number of aliphatic imine (C=N–C) groups is 1. The van der Waals surface area contributed by atoms with E-state index in [-0.39, 0.29) is 6.04 Å². The summed E-state index contributed by atoms with van der Waals surface area (Å²) in [7, 11) is 0. The Morgan fingerprint density at radius 3 is 2.80 bits per heavy atom. The third kappa shape index (κ3) is 5.02. The van der Waals surface area contributed by atoms with Crippen molar-refractivity contribution in [3.8, 4) is 0 Å². The summed E-state index contributed by atoms with van der Waals surface area (Å²) < 4.78 is 5.29. The van der Waals surface area contributed by atoms with Crippen LogP contribution < -0.4 is 11.1 Å². The van der Waals surface area contributed by atoms with Crippen molar-refractivity contribution in [1.29, 1.82) is 0 Å². The Morgan fingerprint density at radius 2 is 2.20 bits per heavy atom. The van der Waals surface area contributed by atoms with E-state index in [9.17, 15) is 0 Å². The van der Waals surface area contributed by atoms with Gasteiger partial charge < -0.3 is 15.8 Å². The van der Waals surface area contributed by atoms with E-state index < -0.39 is 0 Å². The second kappa shape index (κ2) is 6.67. The number of guanidine groups is 1. The maximum atomic E-state index is 5.81. The molecule has 15 heavy (non-hydrogen) atoms. The number of nitrogens with two attached hydrogens (primary N) is 1. The molecule has 0 aliphatic heterocycles. The molecule has 0 bridgehead atoms. The van der Waals surface area contributed by atoms with Crippen LogP contribution in [0.3, 0.4) is 0 Å². The molecule has 1 aliphatic rings. The first-order valence-electron chi connectivity index (χ1n) is 5.90. The molecule has 3 N–H and O–H groups in total. The maximum absolute atomic E-state index is 5.81. The highest BCUT2D eigenvalue weighted by Gasteiger charge is 2.14. The number of hydrogen-bond acceptors (Lipinski definition) is 2. The summed E-state index contributed by atoms with van der Waals surface area (Å²) in [5.74, 6) is 0.564. The molecule has 0 aromatic carbocycles. The topological polar surface area (TPSA) is 59.6 Å². The van der Waals surface area contributed by atoms with E-state index in [0.717, 1.165) is 6.61 Å². The fraction of sp³-hybridized carbons (Fsp3) is 0.909. The van der Waals surface area contributed by atoms with Gasteiger partial charge in [-0.2, -0.15) is 0 Å². The molecule has 1 fully saturated rings. The molecule has 0 saturated heterocycles. The lowest BCUT2D eigenvalue weighted by atomic mass is 10.3. The molecule has 1 rings (SSSR count). The van der Waals surface area contributed by atoms with Crippen LogP contribution in [-0.2, 0) is 4.74 Å². The van der Waals surface area contributed by atoms with Crippen LogP contribution in [0.25, 0.3) is 0 Å². The minimum absolute atomic E-state index is 0.232. The second-order valence-electron chi connectivity index (χ2n) is 4.16. The van der Waals surface area contributed by atoms with Gasteiger partial charge in [0.25, 0.3) is 0 Å². The molecule has 1 unspecified atom stereocenters. The molecular formula is C11H23N3O. The van der Waals surface area contributed by atoms with Crippen LogP contribution in [-0.4, -0.2) is 31.3 Å². The van der Waals surface area contributed by atoms with Crippen LogP contribution in [0.4, 0.5) is 0 Å². The molecule has 0 amide bonds. The Bertz CT molecular complexity index is 200. The van der Waals surface area contributed by atoms with E-state index in [1.807, 2.05) is 13.8 Å². The molecular weight excluding hydrogens is 190 g/mol. The molecule has 0 heterocycles. The number of ether oxygens (including phenoxy) is 1. The zero-order valence-corrected chi connectivity index (χ0v) is 9.83. The molecule has 4 heteroatoms. The third-order valence-corrected chi connectivity index (χ3v) is 2.61. The predicted octanol–water partition coefficient (Wildman–Crippen LogP) is 1.26. The third-order valence-electron chi connectivity index (χ3n) is 2.61. The van der Waals surface area contributed by atoms with Crippen molar-refractivity contribution in [1.82, 2.24) is 5.32 Å². The first-order valence-corrected chi connectivity index (χ1v) is 5.90. The number of nitrogens with one attached hydrogen (secondary N) is 1. The van der Waals surface area contributed by atoms with E-state index >= 15 is 0 Å². The van der Waals surface area contributed by atoms with Crippen LogP contribution in [0.5, 0.6) is 0 Å². The van der Waals surface area contributed by atoms with Gasteiger partial charge in [0.15, 0.2) is 5.96 Å². The minimum Gasteiger partial charge on any atom is -0.380 e. The summed E-state index contributed by atoms with van der Waals surface area (Å²) in [5, 5.41) is 3.14. The van der Waals surface area contributed by atoms with Crippen LogP contribution in [0.2, 0.25) is 0 Å². The SMILES string of the molecule is CCOCC(C)NC(N)=NC1CCCC1. The summed E-state index contributed by atoms with van der Waals surface area (Å²) in [6.45, 7) is 5.46. The summed E-state index contributed by atoms with van der Waals surface area (Å²) in [5.41, 5.74) is 5.81. The van der Waals surface area contributed by atoms with Crippen LogP contribution in [0.1, 0.15) is 39.5 Å². The van der Waals surface area contributed by atoms with Gasteiger partial charge >= 0.3 is 0 Å². The number of rotatable bonds is 5. The zero-order chi connectivity index (χ0) is 11.1. The van der Waals surface area contributed by atoms with Crippen LogP contribution >= 0.6 is 0 Å². The van der Waals surface area contributed by atoms with Gasteiger partial charge in [-0.05, 0) is 26.7 Å². The van der Waals surface area contributed by atoms with Crippen LogP contribution in [0, 0.1) is 0 Å². The Kier molecular flexibility index (Phi) is 5.47. The molecule has 88 valence electrons. The average molecular weight is 213 g/mol. The monoisotopic (exact) mass is 213 g/mol. The highest BCUT2D eigenvalue weighted by molar-refractivity contribution is 5.78.